The third-order valence-electron chi connectivity index (χ3n) is 6.08. The van der Waals surface area contributed by atoms with E-state index in [1.54, 1.807) is 0 Å². The first-order valence-corrected chi connectivity index (χ1v) is 9.16. The van der Waals surface area contributed by atoms with E-state index < -0.39 is 0 Å². The van der Waals surface area contributed by atoms with Crippen LogP contribution >= 0.6 is 0 Å². The Balaban J connectivity index is 1.50. The molecule has 2 bridgehead atoms. The van der Waals surface area contributed by atoms with Gasteiger partial charge in [-0.3, -0.25) is 9.88 Å². The number of hydrogen-bond donors (Lipinski definition) is 1. The van der Waals surface area contributed by atoms with Gasteiger partial charge in [-0.05, 0) is 81.9 Å². The van der Waals surface area contributed by atoms with Crippen molar-refractivity contribution in [2.75, 3.05) is 18.4 Å². The van der Waals surface area contributed by atoms with Crippen LogP contribution in [0.25, 0.3) is 11.3 Å². The van der Waals surface area contributed by atoms with Crippen LogP contribution in [0.4, 0.5) is 5.69 Å². The number of nitrogens with one attached hydrogen (secondary N) is 1. The summed E-state index contributed by atoms with van der Waals surface area (Å²) in [7, 11) is 0. The number of aryl methyl sites for hydroxylation is 2. The van der Waals surface area contributed by atoms with E-state index in [0.29, 0.717) is 12.1 Å². The number of pyridine rings is 1. The molecule has 126 valence electrons. The maximum absolute atomic E-state index is 4.70. The lowest BCUT2D eigenvalue weighted by Gasteiger charge is -2.50. The van der Waals surface area contributed by atoms with Gasteiger partial charge in [0.05, 0.1) is 17.6 Å². The van der Waals surface area contributed by atoms with Crippen LogP contribution in [0.15, 0.2) is 36.5 Å². The fourth-order valence-electron chi connectivity index (χ4n) is 4.29. The van der Waals surface area contributed by atoms with Crippen molar-refractivity contribution in [1.29, 1.82) is 0 Å². The molecule has 4 heterocycles. The standard InChI is InChI=1S/C21H27N3/c1-14-4-5-18(12-15(14)2)20-7-6-19(13-22-20)23-21-16(3)24-10-8-17(21)9-11-24/h4-7,12-13,16-17,21,23H,8-11H2,1-3H3/t16-,21+/m1/s1. The van der Waals surface area contributed by atoms with Gasteiger partial charge in [-0.1, -0.05) is 12.1 Å². The molecule has 5 rings (SSSR count). The Morgan fingerprint density at radius 1 is 1.04 bits per heavy atom. The summed E-state index contributed by atoms with van der Waals surface area (Å²) < 4.78 is 0. The van der Waals surface area contributed by atoms with E-state index in [9.17, 15) is 0 Å². The summed E-state index contributed by atoms with van der Waals surface area (Å²) in [6.07, 6.45) is 4.65. The summed E-state index contributed by atoms with van der Waals surface area (Å²) in [5, 5.41) is 3.76. The molecule has 1 N–H and O–H groups in total. The Kier molecular flexibility index (Phi) is 4.05. The van der Waals surface area contributed by atoms with Gasteiger partial charge in [0.1, 0.15) is 0 Å². The van der Waals surface area contributed by atoms with E-state index in [2.05, 4.69) is 61.3 Å². The number of fused-ring (bicyclic) bond motifs is 3. The van der Waals surface area contributed by atoms with Crippen molar-refractivity contribution in [2.24, 2.45) is 5.92 Å². The van der Waals surface area contributed by atoms with Gasteiger partial charge in [0.2, 0.25) is 0 Å². The third kappa shape index (κ3) is 2.82. The molecule has 3 nitrogen and oxygen atoms in total. The number of aromatic nitrogens is 1. The molecule has 3 fully saturated rings. The molecule has 0 spiro atoms. The van der Waals surface area contributed by atoms with E-state index in [1.165, 1.54) is 42.6 Å². The van der Waals surface area contributed by atoms with Crippen LogP contribution in [-0.4, -0.2) is 35.1 Å². The molecule has 2 aromatic rings. The molecular weight excluding hydrogens is 294 g/mol. The highest BCUT2D eigenvalue weighted by Crippen LogP contribution is 2.34. The second kappa shape index (κ2) is 6.21. The van der Waals surface area contributed by atoms with Crippen molar-refractivity contribution in [1.82, 2.24) is 9.88 Å². The Hall–Kier alpha value is -1.87. The van der Waals surface area contributed by atoms with Crippen molar-refractivity contribution in [3.05, 3.63) is 47.7 Å². The SMILES string of the molecule is Cc1ccc(-c2ccc(N[C@@H]3C4CCN(CC4)[C@@H]3C)cn2)cc1C. The van der Waals surface area contributed by atoms with E-state index in [1.807, 2.05) is 6.20 Å². The molecule has 0 aliphatic carbocycles. The summed E-state index contributed by atoms with van der Waals surface area (Å²) >= 11 is 0. The number of anilines is 1. The molecule has 24 heavy (non-hydrogen) atoms. The molecule has 3 saturated heterocycles. The van der Waals surface area contributed by atoms with Crippen LogP contribution in [0, 0.1) is 19.8 Å². The van der Waals surface area contributed by atoms with Crippen LogP contribution in [0.3, 0.4) is 0 Å². The summed E-state index contributed by atoms with van der Waals surface area (Å²) in [5.74, 6) is 0.810. The highest BCUT2D eigenvalue weighted by molar-refractivity contribution is 5.62. The highest BCUT2D eigenvalue weighted by Gasteiger charge is 2.39. The molecule has 0 unspecified atom stereocenters. The predicted octanol–water partition coefficient (Wildman–Crippen LogP) is 4.26. The zero-order chi connectivity index (χ0) is 16.7. The molecule has 3 aliphatic heterocycles. The zero-order valence-electron chi connectivity index (χ0n) is 14.9. The van der Waals surface area contributed by atoms with Gasteiger partial charge in [0.15, 0.2) is 0 Å². The first kappa shape index (κ1) is 15.6. The van der Waals surface area contributed by atoms with Crippen molar-refractivity contribution >= 4 is 5.69 Å². The second-order valence-electron chi connectivity index (χ2n) is 7.52. The first-order chi connectivity index (χ1) is 11.6. The maximum atomic E-state index is 4.70. The minimum absolute atomic E-state index is 0.557. The number of piperidine rings is 3. The summed E-state index contributed by atoms with van der Waals surface area (Å²) in [4.78, 5) is 7.32. The van der Waals surface area contributed by atoms with Gasteiger partial charge in [-0.15, -0.1) is 0 Å². The highest BCUT2D eigenvalue weighted by atomic mass is 15.2. The smallest absolute Gasteiger partial charge is 0.0703 e. The average molecular weight is 321 g/mol. The normalized spacial score (nSPS) is 28.8. The van der Waals surface area contributed by atoms with E-state index in [0.717, 1.165) is 17.3 Å². The van der Waals surface area contributed by atoms with Gasteiger partial charge in [0.25, 0.3) is 0 Å². The number of benzene rings is 1. The van der Waals surface area contributed by atoms with Crippen LogP contribution in [0.2, 0.25) is 0 Å². The lowest BCUT2D eigenvalue weighted by Crippen LogP contribution is -2.59. The van der Waals surface area contributed by atoms with Crippen LogP contribution in [-0.2, 0) is 0 Å². The Morgan fingerprint density at radius 3 is 2.46 bits per heavy atom. The summed E-state index contributed by atoms with van der Waals surface area (Å²) in [6, 6.07) is 12.1. The first-order valence-electron chi connectivity index (χ1n) is 9.16. The van der Waals surface area contributed by atoms with Crippen molar-refractivity contribution < 1.29 is 0 Å². The fraction of sp³-hybridized carbons (Fsp3) is 0.476. The predicted molar refractivity (Wildman–Crippen MR) is 100 cm³/mol. The monoisotopic (exact) mass is 321 g/mol. The van der Waals surface area contributed by atoms with Crippen LogP contribution in [0.5, 0.6) is 0 Å². The lowest BCUT2D eigenvalue weighted by molar-refractivity contribution is 0.0458. The molecule has 0 amide bonds. The van der Waals surface area contributed by atoms with Crippen molar-refractivity contribution in [2.45, 2.75) is 45.7 Å². The van der Waals surface area contributed by atoms with E-state index in [-0.39, 0.29) is 0 Å². The van der Waals surface area contributed by atoms with E-state index >= 15 is 0 Å². The molecule has 0 radical (unpaired) electrons. The van der Waals surface area contributed by atoms with Gasteiger partial charge < -0.3 is 5.32 Å². The van der Waals surface area contributed by atoms with Gasteiger partial charge in [-0.25, -0.2) is 0 Å². The molecular formula is C21H27N3. The van der Waals surface area contributed by atoms with Crippen LogP contribution in [0.1, 0.15) is 30.9 Å². The van der Waals surface area contributed by atoms with Crippen LogP contribution < -0.4 is 5.32 Å². The minimum atomic E-state index is 0.557. The third-order valence-corrected chi connectivity index (χ3v) is 6.08. The molecule has 3 aliphatic rings. The molecule has 3 heteroatoms. The van der Waals surface area contributed by atoms with E-state index in [4.69, 9.17) is 4.98 Å². The fourth-order valence-corrected chi connectivity index (χ4v) is 4.29. The Labute approximate surface area is 145 Å². The van der Waals surface area contributed by atoms with Gasteiger partial charge >= 0.3 is 0 Å². The summed E-state index contributed by atoms with van der Waals surface area (Å²) in [6.45, 7) is 9.21. The Bertz CT molecular complexity index is 712. The molecule has 2 atom stereocenters. The Morgan fingerprint density at radius 2 is 1.83 bits per heavy atom. The van der Waals surface area contributed by atoms with Gasteiger partial charge in [0, 0.05) is 17.6 Å². The number of nitrogens with zero attached hydrogens (tertiary/aromatic N) is 2. The average Bonchev–Trinajstić information content (AvgIpc) is 2.61. The zero-order valence-corrected chi connectivity index (χ0v) is 14.9. The minimum Gasteiger partial charge on any atom is -0.379 e. The quantitative estimate of drug-likeness (QED) is 0.915. The summed E-state index contributed by atoms with van der Waals surface area (Å²) in [5.41, 5.74) is 6.03. The molecule has 1 aromatic carbocycles. The number of rotatable bonds is 3. The molecule has 1 aromatic heterocycles. The number of hydrogen-bond acceptors (Lipinski definition) is 3. The van der Waals surface area contributed by atoms with Gasteiger partial charge in [-0.2, -0.15) is 0 Å². The largest absolute Gasteiger partial charge is 0.379 e. The topological polar surface area (TPSA) is 28.2 Å². The molecule has 0 saturated carbocycles. The lowest BCUT2D eigenvalue weighted by atomic mass is 9.79. The van der Waals surface area contributed by atoms with Crippen molar-refractivity contribution in [3.8, 4) is 11.3 Å². The second-order valence-corrected chi connectivity index (χ2v) is 7.52. The van der Waals surface area contributed by atoms with Crippen molar-refractivity contribution in [3.63, 3.8) is 0 Å². The maximum Gasteiger partial charge on any atom is 0.0703 e.